The third kappa shape index (κ3) is 6.92. The molecule has 5 rings (SSSR count). The number of nitrogens with one attached hydrogen (secondary N) is 1. The molecule has 3 fully saturated rings. The fourth-order valence-electron chi connectivity index (χ4n) is 7.86. The Labute approximate surface area is 303 Å². The Morgan fingerprint density at radius 1 is 1.16 bits per heavy atom. The van der Waals surface area contributed by atoms with Gasteiger partial charge in [-0.15, -0.1) is 13.2 Å². The van der Waals surface area contributed by atoms with E-state index < -0.39 is 59.5 Å². The molecule has 2 aromatic carbocycles. The Morgan fingerprint density at radius 3 is 2.52 bits per heavy atom. The summed E-state index contributed by atoms with van der Waals surface area (Å²) in [6.07, 6.45) is 3.54. The monoisotopic (exact) mass is 749 g/mol. The number of rotatable bonds is 15. The summed E-state index contributed by atoms with van der Waals surface area (Å²) in [7, 11) is 0. The highest BCUT2D eigenvalue weighted by atomic mass is 79.9. The lowest BCUT2D eigenvalue weighted by Crippen LogP contribution is -2.60. The minimum atomic E-state index is -1.34. The number of anilines is 1. The number of benzene rings is 2. The number of halogens is 1. The van der Waals surface area contributed by atoms with Gasteiger partial charge in [0.1, 0.15) is 18.2 Å². The molecule has 3 heterocycles. The average Bonchev–Trinajstić information content (AvgIpc) is 3.69. The molecular formula is C39H48BrN3O7. The van der Waals surface area contributed by atoms with Crippen molar-refractivity contribution in [1.29, 1.82) is 0 Å². The van der Waals surface area contributed by atoms with Gasteiger partial charge in [0.2, 0.25) is 11.8 Å². The molecule has 3 amide bonds. The van der Waals surface area contributed by atoms with E-state index in [1.807, 2.05) is 76.2 Å². The summed E-state index contributed by atoms with van der Waals surface area (Å²) in [4.78, 5) is 59.5. The molecular weight excluding hydrogens is 702 g/mol. The Hall–Kier alpha value is -3.80. The maximum atomic E-state index is 15.0. The Morgan fingerprint density at radius 2 is 1.88 bits per heavy atom. The number of allylic oxidation sites excluding steroid dienone is 1. The third-order valence-electron chi connectivity index (χ3n) is 10.3. The van der Waals surface area contributed by atoms with Gasteiger partial charge in [-0.3, -0.25) is 19.2 Å². The number of aryl methyl sites for hydroxylation is 2. The first kappa shape index (κ1) is 37.5. The molecule has 3 aliphatic heterocycles. The molecule has 8 atom stereocenters. The molecule has 10 nitrogen and oxygen atoms in total. The van der Waals surface area contributed by atoms with E-state index in [-0.39, 0.29) is 42.8 Å². The highest BCUT2D eigenvalue weighted by molar-refractivity contribution is 9.09. The van der Waals surface area contributed by atoms with Gasteiger partial charge in [0, 0.05) is 23.5 Å². The van der Waals surface area contributed by atoms with Crippen molar-refractivity contribution < 1.29 is 33.8 Å². The highest BCUT2D eigenvalue weighted by Gasteiger charge is 2.77. The van der Waals surface area contributed by atoms with Crippen LogP contribution in [0.2, 0.25) is 0 Å². The highest BCUT2D eigenvalue weighted by Crippen LogP contribution is 2.61. The Kier molecular flexibility index (Phi) is 11.7. The second kappa shape index (κ2) is 15.6. The molecule has 1 unspecified atom stereocenters. The molecule has 3 aliphatic rings. The summed E-state index contributed by atoms with van der Waals surface area (Å²) < 4.78 is 12.3. The van der Waals surface area contributed by atoms with Crippen molar-refractivity contribution in [3.8, 4) is 0 Å². The number of nitrogens with zero attached hydrogens (tertiary/aromatic N) is 2. The maximum Gasteiger partial charge on any atom is 0.306 e. The van der Waals surface area contributed by atoms with E-state index in [2.05, 4.69) is 34.4 Å². The molecule has 50 heavy (non-hydrogen) atoms. The Bertz CT molecular complexity index is 1620. The molecule has 268 valence electrons. The van der Waals surface area contributed by atoms with E-state index in [9.17, 15) is 19.5 Å². The number of aliphatic hydroxyl groups excluding tert-OH is 1. The summed E-state index contributed by atoms with van der Waals surface area (Å²) in [6.45, 7) is 14.9. The smallest absolute Gasteiger partial charge is 0.306 e. The van der Waals surface area contributed by atoms with Gasteiger partial charge in [0.05, 0.1) is 36.6 Å². The molecule has 0 radical (unpaired) electrons. The van der Waals surface area contributed by atoms with Gasteiger partial charge in [-0.25, -0.2) is 0 Å². The van der Waals surface area contributed by atoms with Crippen molar-refractivity contribution >= 4 is 45.3 Å². The van der Waals surface area contributed by atoms with E-state index >= 15 is 4.79 Å². The van der Waals surface area contributed by atoms with Crippen LogP contribution in [0.25, 0.3) is 0 Å². The maximum absolute atomic E-state index is 15.0. The van der Waals surface area contributed by atoms with E-state index in [0.717, 1.165) is 16.7 Å². The zero-order valence-corrected chi connectivity index (χ0v) is 30.8. The first-order valence-electron chi connectivity index (χ1n) is 17.3. The zero-order chi connectivity index (χ0) is 36.3. The number of esters is 1. The fourth-order valence-corrected chi connectivity index (χ4v) is 8.80. The molecule has 0 aliphatic carbocycles. The lowest BCUT2D eigenvalue weighted by Gasteiger charge is -2.40. The number of amides is 3. The number of alkyl halides is 1. The van der Waals surface area contributed by atoms with Crippen LogP contribution in [0, 0.1) is 31.6 Å². The first-order valence-corrected chi connectivity index (χ1v) is 18.2. The lowest BCUT2D eigenvalue weighted by molar-refractivity contribution is -0.147. The van der Waals surface area contributed by atoms with Crippen LogP contribution in [0.4, 0.5) is 5.69 Å². The van der Waals surface area contributed by atoms with Crippen LogP contribution in [-0.4, -0.2) is 82.1 Å². The fraction of sp³-hybridized carbons (Fsp3) is 0.487. The minimum Gasteiger partial charge on any atom is -0.463 e. The summed E-state index contributed by atoms with van der Waals surface area (Å²) in [6, 6.07) is 12.5. The molecule has 2 N–H and O–H groups in total. The topological polar surface area (TPSA) is 125 Å². The van der Waals surface area contributed by atoms with Crippen LogP contribution in [0.5, 0.6) is 0 Å². The van der Waals surface area contributed by atoms with Gasteiger partial charge in [-0.05, 0) is 55.4 Å². The lowest BCUT2D eigenvalue weighted by atomic mass is 9.70. The second-order valence-electron chi connectivity index (χ2n) is 13.9. The molecule has 0 saturated carbocycles. The summed E-state index contributed by atoms with van der Waals surface area (Å²) in [5.41, 5.74) is 1.93. The largest absolute Gasteiger partial charge is 0.463 e. The number of likely N-dealkylation sites (tertiary alicyclic amines) is 1. The summed E-state index contributed by atoms with van der Waals surface area (Å²) >= 11 is 3.75. The number of hydrogen-bond donors (Lipinski definition) is 2. The van der Waals surface area contributed by atoms with Crippen LogP contribution in [-0.2, 0) is 28.7 Å². The van der Waals surface area contributed by atoms with E-state index in [4.69, 9.17) is 9.47 Å². The number of ether oxygens (including phenoxy) is 2. The Balaban J connectivity index is 1.54. The van der Waals surface area contributed by atoms with E-state index in [0.29, 0.717) is 18.5 Å². The predicted molar refractivity (Wildman–Crippen MR) is 194 cm³/mol. The van der Waals surface area contributed by atoms with E-state index in [1.165, 1.54) is 4.90 Å². The number of carbonyl (C=O) groups is 4. The number of fused-ring (bicyclic) bond motifs is 1. The van der Waals surface area contributed by atoms with Crippen LogP contribution >= 0.6 is 15.9 Å². The average molecular weight is 751 g/mol. The molecule has 2 aromatic rings. The van der Waals surface area contributed by atoms with Crippen molar-refractivity contribution in [1.82, 2.24) is 10.2 Å². The third-order valence-corrected chi connectivity index (χ3v) is 11.1. The van der Waals surface area contributed by atoms with Gasteiger partial charge in [0.15, 0.2) is 0 Å². The minimum absolute atomic E-state index is 0.106. The van der Waals surface area contributed by atoms with Gasteiger partial charge in [-0.2, -0.15) is 0 Å². The number of carbonyl (C=O) groups excluding carboxylic acids is 4. The quantitative estimate of drug-likeness (QED) is 0.150. The van der Waals surface area contributed by atoms with Crippen LogP contribution < -0.4 is 10.2 Å². The van der Waals surface area contributed by atoms with Crippen molar-refractivity contribution in [3.05, 3.63) is 90.5 Å². The van der Waals surface area contributed by atoms with Crippen molar-refractivity contribution in [2.45, 2.75) is 81.6 Å². The SMILES string of the molecule is C=CCCC(=O)OC[C@@H](NC(=O)[C@@H]1[C@H]2O[C@@]3(CC2Br)[C@H](C(=O)N(CC=C)c2cc(C)ccc2C)N([C@@H](CO)C(C)C)C(=O)[C@@H]13)c1ccccc1. The molecule has 0 aromatic heterocycles. The molecule has 1 spiro atoms. The van der Waals surface area contributed by atoms with Gasteiger partial charge >= 0.3 is 5.97 Å². The normalized spacial score (nSPS) is 26.3. The van der Waals surface area contributed by atoms with Crippen LogP contribution in [0.1, 0.15) is 55.8 Å². The van der Waals surface area contributed by atoms with Crippen molar-refractivity contribution in [2.75, 3.05) is 24.7 Å². The van der Waals surface area contributed by atoms with Crippen LogP contribution in [0.3, 0.4) is 0 Å². The van der Waals surface area contributed by atoms with Gasteiger partial charge in [0.25, 0.3) is 5.91 Å². The second-order valence-corrected chi connectivity index (χ2v) is 15.1. The molecule has 3 saturated heterocycles. The molecule has 11 heteroatoms. The summed E-state index contributed by atoms with van der Waals surface area (Å²) in [5.74, 6) is -3.75. The van der Waals surface area contributed by atoms with Crippen LogP contribution in [0.15, 0.2) is 73.8 Å². The zero-order valence-electron chi connectivity index (χ0n) is 29.2. The van der Waals surface area contributed by atoms with Gasteiger partial charge in [-0.1, -0.05) is 84.4 Å². The van der Waals surface area contributed by atoms with Crippen molar-refractivity contribution in [3.63, 3.8) is 0 Å². The standard InChI is InChI=1S/C39H48BrN3O7/c1-7-9-15-31(45)49-22-28(26-13-11-10-12-14-26)41-36(46)32-33-37(47)43(30(21-44)23(3)4)35(39(33)20-27(40)34(32)50-39)38(48)42(18-8-2)29-19-24(5)16-17-25(29)6/h7-8,10-14,16-17,19,23,27-28,30,32-35,44H,1-2,9,15,18,20-22H2,3-6H3,(H,41,46)/t27?,28-,30+,32+,33-,34+,35+,39-/m1/s1. The predicted octanol–water partition coefficient (Wildman–Crippen LogP) is 4.95. The molecule has 2 bridgehead atoms. The summed E-state index contributed by atoms with van der Waals surface area (Å²) in [5, 5.41) is 13.7. The van der Waals surface area contributed by atoms with E-state index in [1.54, 1.807) is 17.1 Å². The number of hydrogen-bond acceptors (Lipinski definition) is 7. The van der Waals surface area contributed by atoms with Gasteiger partial charge < -0.3 is 29.7 Å². The first-order chi connectivity index (χ1) is 23.9. The number of aliphatic hydroxyl groups is 1. The van der Waals surface area contributed by atoms with Crippen molar-refractivity contribution in [2.24, 2.45) is 17.8 Å².